The zero-order valence-corrected chi connectivity index (χ0v) is 14.6. The third-order valence-electron chi connectivity index (χ3n) is 5.64. The molecule has 4 rings (SSSR count). The summed E-state index contributed by atoms with van der Waals surface area (Å²) in [6, 6.07) is 11.5. The van der Waals surface area contributed by atoms with Crippen LogP contribution in [-0.4, -0.2) is 40.1 Å². The summed E-state index contributed by atoms with van der Waals surface area (Å²) in [4.78, 5) is 7.02. The van der Waals surface area contributed by atoms with Crippen LogP contribution in [0.4, 0.5) is 0 Å². The summed E-state index contributed by atoms with van der Waals surface area (Å²) in [5.74, 6) is 2.72. The molecule has 2 aliphatic heterocycles. The van der Waals surface area contributed by atoms with E-state index in [0.717, 1.165) is 37.9 Å². The number of aromatic nitrogens is 2. The van der Waals surface area contributed by atoms with Crippen molar-refractivity contribution >= 4 is 0 Å². The van der Waals surface area contributed by atoms with Crippen molar-refractivity contribution < 1.29 is 0 Å². The number of hydrogen-bond donors (Lipinski definition) is 1. The summed E-state index contributed by atoms with van der Waals surface area (Å²) in [7, 11) is 0. The van der Waals surface area contributed by atoms with Crippen LogP contribution in [0.1, 0.15) is 24.7 Å². The van der Waals surface area contributed by atoms with E-state index < -0.39 is 0 Å². The first-order valence-electron chi connectivity index (χ1n) is 9.27. The molecule has 128 valence electrons. The Balaban J connectivity index is 1.27. The average Bonchev–Trinajstić information content (AvgIpc) is 3.19. The van der Waals surface area contributed by atoms with Crippen molar-refractivity contribution in [1.82, 2.24) is 19.8 Å². The van der Waals surface area contributed by atoms with Gasteiger partial charge in [-0.2, -0.15) is 0 Å². The summed E-state index contributed by atoms with van der Waals surface area (Å²) in [5.41, 5.74) is 1.42. The maximum Gasteiger partial charge on any atom is 0.108 e. The number of nitrogens with one attached hydrogen (secondary N) is 1. The number of benzene rings is 1. The zero-order chi connectivity index (χ0) is 16.4. The van der Waals surface area contributed by atoms with Gasteiger partial charge in [0.25, 0.3) is 0 Å². The maximum absolute atomic E-state index is 4.43. The van der Waals surface area contributed by atoms with Gasteiger partial charge in [-0.3, -0.25) is 4.90 Å². The van der Waals surface area contributed by atoms with Gasteiger partial charge in [0.05, 0.1) is 0 Å². The highest BCUT2D eigenvalue weighted by atomic mass is 15.2. The normalized spacial score (nSPS) is 27.3. The third kappa shape index (κ3) is 3.55. The van der Waals surface area contributed by atoms with Gasteiger partial charge in [0, 0.05) is 51.0 Å². The molecule has 1 aromatic heterocycles. The molecule has 0 aliphatic carbocycles. The average molecular weight is 324 g/mol. The summed E-state index contributed by atoms with van der Waals surface area (Å²) in [5, 5.41) is 3.86. The fourth-order valence-corrected chi connectivity index (χ4v) is 4.23. The predicted octanol–water partition coefficient (Wildman–Crippen LogP) is 2.56. The summed E-state index contributed by atoms with van der Waals surface area (Å²) < 4.78 is 2.33. The molecule has 1 N–H and O–H groups in total. The molecule has 1 saturated heterocycles. The monoisotopic (exact) mass is 324 g/mol. The Morgan fingerprint density at radius 2 is 2.04 bits per heavy atom. The first-order chi connectivity index (χ1) is 11.8. The zero-order valence-electron chi connectivity index (χ0n) is 14.6. The number of fused-ring (bicyclic) bond motifs is 1. The van der Waals surface area contributed by atoms with Crippen LogP contribution in [0, 0.1) is 11.8 Å². The van der Waals surface area contributed by atoms with E-state index >= 15 is 0 Å². The number of rotatable bonds is 5. The fourth-order valence-electron chi connectivity index (χ4n) is 4.23. The Kier molecular flexibility index (Phi) is 4.67. The van der Waals surface area contributed by atoms with E-state index in [1.807, 2.05) is 6.20 Å². The van der Waals surface area contributed by atoms with Gasteiger partial charge in [-0.05, 0) is 30.4 Å². The maximum atomic E-state index is 4.43. The van der Waals surface area contributed by atoms with Crippen LogP contribution in [0.2, 0.25) is 0 Å². The molecule has 1 fully saturated rings. The van der Waals surface area contributed by atoms with Crippen molar-refractivity contribution in [3.8, 4) is 0 Å². The summed E-state index contributed by atoms with van der Waals surface area (Å²) >= 11 is 0. The van der Waals surface area contributed by atoms with Crippen LogP contribution < -0.4 is 5.32 Å². The number of likely N-dealkylation sites (tertiary alicyclic amines) is 1. The molecule has 0 bridgehead atoms. The number of hydrogen-bond acceptors (Lipinski definition) is 3. The number of aryl methyl sites for hydroxylation is 1. The number of imidazole rings is 1. The van der Waals surface area contributed by atoms with Gasteiger partial charge in [0.1, 0.15) is 5.82 Å². The van der Waals surface area contributed by atoms with Gasteiger partial charge in [0.2, 0.25) is 0 Å². The van der Waals surface area contributed by atoms with E-state index in [-0.39, 0.29) is 0 Å². The first kappa shape index (κ1) is 15.9. The molecule has 3 heterocycles. The Labute approximate surface area is 144 Å². The third-order valence-corrected chi connectivity index (χ3v) is 5.64. The van der Waals surface area contributed by atoms with Gasteiger partial charge < -0.3 is 9.88 Å². The quantitative estimate of drug-likeness (QED) is 0.917. The van der Waals surface area contributed by atoms with Crippen LogP contribution in [0.3, 0.4) is 0 Å². The first-order valence-corrected chi connectivity index (χ1v) is 9.27. The van der Waals surface area contributed by atoms with Gasteiger partial charge >= 0.3 is 0 Å². The van der Waals surface area contributed by atoms with Gasteiger partial charge in [-0.25, -0.2) is 4.98 Å². The SMILES string of the molecule is C[C@@H]1CN(Cc2ccccc2)C[C@@H]1NC[C@@H]1CCc2nccn2C1. The number of nitrogens with zero attached hydrogens (tertiary/aromatic N) is 3. The Morgan fingerprint density at radius 3 is 2.92 bits per heavy atom. The summed E-state index contributed by atoms with van der Waals surface area (Å²) in [6.07, 6.45) is 6.45. The lowest BCUT2D eigenvalue weighted by molar-refractivity contribution is 0.304. The van der Waals surface area contributed by atoms with E-state index in [0.29, 0.717) is 6.04 Å². The van der Waals surface area contributed by atoms with E-state index in [1.165, 1.54) is 30.9 Å². The molecule has 4 heteroatoms. The highest BCUT2D eigenvalue weighted by Crippen LogP contribution is 2.21. The van der Waals surface area contributed by atoms with Crippen molar-refractivity contribution in [2.45, 2.75) is 38.9 Å². The second-order valence-electron chi connectivity index (χ2n) is 7.57. The molecule has 3 atom stereocenters. The Bertz CT molecular complexity index is 651. The predicted molar refractivity (Wildman–Crippen MR) is 96.7 cm³/mol. The summed E-state index contributed by atoms with van der Waals surface area (Å²) in [6.45, 7) is 8.08. The lowest BCUT2D eigenvalue weighted by Gasteiger charge is -2.26. The molecular formula is C20H28N4. The molecule has 0 saturated carbocycles. The second-order valence-corrected chi connectivity index (χ2v) is 7.57. The standard InChI is InChI=1S/C20H28N4/c1-16-12-23(13-17-5-3-2-4-6-17)15-19(16)22-11-18-7-8-20-21-9-10-24(20)14-18/h2-6,9-10,16,18-19,22H,7-8,11-15H2,1H3/t16-,18+,19+/m1/s1. The minimum absolute atomic E-state index is 0.623. The van der Waals surface area contributed by atoms with Crippen LogP contribution in [0.15, 0.2) is 42.7 Å². The Hall–Kier alpha value is -1.65. The molecular weight excluding hydrogens is 296 g/mol. The van der Waals surface area contributed by atoms with Crippen molar-refractivity contribution in [2.24, 2.45) is 11.8 Å². The molecule has 24 heavy (non-hydrogen) atoms. The second kappa shape index (κ2) is 7.08. The van der Waals surface area contributed by atoms with E-state index in [9.17, 15) is 0 Å². The topological polar surface area (TPSA) is 33.1 Å². The Morgan fingerprint density at radius 1 is 1.17 bits per heavy atom. The molecule has 2 aliphatic rings. The van der Waals surface area contributed by atoms with Gasteiger partial charge in [-0.15, -0.1) is 0 Å². The van der Waals surface area contributed by atoms with Crippen molar-refractivity contribution in [3.63, 3.8) is 0 Å². The smallest absolute Gasteiger partial charge is 0.108 e. The molecule has 0 unspecified atom stereocenters. The van der Waals surface area contributed by atoms with Gasteiger partial charge in [-0.1, -0.05) is 37.3 Å². The lowest BCUT2D eigenvalue weighted by Crippen LogP contribution is -2.40. The highest BCUT2D eigenvalue weighted by Gasteiger charge is 2.30. The van der Waals surface area contributed by atoms with E-state index in [4.69, 9.17) is 0 Å². The molecule has 1 aromatic carbocycles. The van der Waals surface area contributed by atoms with Crippen LogP contribution in [0.5, 0.6) is 0 Å². The van der Waals surface area contributed by atoms with Crippen LogP contribution >= 0.6 is 0 Å². The largest absolute Gasteiger partial charge is 0.335 e. The molecule has 2 aromatic rings. The van der Waals surface area contributed by atoms with Crippen molar-refractivity contribution in [3.05, 3.63) is 54.1 Å². The highest BCUT2D eigenvalue weighted by molar-refractivity contribution is 5.14. The van der Waals surface area contributed by atoms with Crippen LogP contribution in [-0.2, 0) is 19.5 Å². The lowest BCUT2D eigenvalue weighted by atomic mass is 9.98. The van der Waals surface area contributed by atoms with Crippen molar-refractivity contribution in [2.75, 3.05) is 19.6 Å². The minimum Gasteiger partial charge on any atom is -0.335 e. The van der Waals surface area contributed by atoms with E-state index in [1.54, 1.807) is 0 Å². The molecule has 0 spiro atoms. The molecule has 0 amide bonds. The van der Waals surface area contributed by atoms with E-state index in [2.05, 4.69) is 63.2 Å². The molecule has 4 nitrogen and oxygen atoms in total. The molecule has 0 radical (unpaired) electrons. The minimum atomic E-state index is 0.623. The van der Waals surface area contributed by atoms with Gasteiger partial charge in [0.15, 0.2) is 0 Å². The fraction of sp³-hybridized carbons (Fsp3) is 0.550. The van der Waals surface area contributed by atoms with Crippen molar-refractivity contribution in [1.29, 1.82) is 0 Å². The van der Waals surface area contributed by atoms with Crippen LogP contribution in [0.25, 0.3) is 0 Å².